The Hall–Kier alpha value is -1.63. The van der Waals surface area contributed by atoms with Gasteiger partial charge in [-0.25, -0.2) is 9.48 Å². The smallest absolute Gasteiger partial charge is 0.329 e. The van der Waals surface area contributed by atoms with E-state index in [-0.39, 0.29) is 0 Å². The Bertz CT molecular complexity index is 597. The number of carboxylic acid groups (broad SMARTS) is 1. The molecule has 0 aliphatic heterocycles. The molecule has 0 unspecified atom stereocenters. The van der Waals surface area contributed by atoms with Gasteiger partial charge >= 0.3 is 5.97 Å². The van der Waals surface area contributed by atoms with Crippen LogP contribution in [0.4, 0.5) is 0 Å². The Morgan fingerprint density at radius 3 is 2.68 bits per heavy atom. The van der Waals surface area contributed by atoms with Crippen molar-refractivity contribution in [3.05, 3.63) is 23.0 Å². The number of furan rings is 1. The predicted molar refractivity (Wildman–Crippen MR) is 71.6 cm³/mol. The van der Waals surface area contributed by atoms with Crippen LogP contribution in [0.15, 0.2) is 27.4 Å². The summed E-state index contributed by atoms with van der Waals surface area (Å²) in [6.07, 6.45) is 3.10. The summed E-state index contributed by atoms with van der Waals surface area (Å²) in [6, 6.07) is 0.953. The van der Waals surface area contributed by atoms with Gasteiger partial charge in [0.2, 0.25) is 0 Å². The average molecular weight is 328 g/mol. The molecule has 0 radical (unpaired) electrons. The third-order valence-corrected chi connectivity index (χ3v) is 3.30. The Morgan fingerprint density at radius 1 is 1.53 bits per heavy atom. The highest BCUT2D eigenvalue weighted by Gasteiger charge is 2.34. The van der Waals surface area contributed by atoms with Gasteiger partial charge < -0.3 is 9.52 Å². The van der Waals surface area contributed by atoms with E-state index in [2.05, 4.69) is 26.2 Å². The van der Waals surface area contributed by atoms with Crippen molar-refractivity contribution in [2.24, 2.45) is 5.41 Å². The maximum Gasteiger partial charge on any atom is 0.329 e. The third-order valence-electron chi connectivity index (χ3n) is 2.68. The molecule has 1 atom stereocenters. The van der Waals surface area contributed by atoms with Crippen molar-refractivity contribution >= 4 is 21.9 Å². The minimum atomic E-state index is -0.942. The van der Waals surface area contributed by atoms with Crippen molar-refractivity contribution in [1.29, 1.82) is 0 Å². The molecule has 0 amide bonds. The molecular weight excluding hydrogens is 314 g/mol. The van der Waals surface area contributed by atoms with Crippen LogP contribution in [-0.4, -0.2) is 26.1 Å². The zero-order valence-corrected chi connectivity index (χ0v) is 12.4. The zero-order valence-electron chi connectivity index (χ0n) is 10.8. The Labute approximate surface area is 118 Å². The lowest BCUT2D eigenvalue weighted by Crippen LogP contribution is -2.31. The number of carboxylic acids is 1. The van der Waals surface area contributed by atoms with Gasteiger partial charge in [-0.15, -0.1) is 5.10 Å². The minimum Gasteiger partial charge on any atom is -0.480 e. The van der Waals surface area contributed by atoms with Crippen molar-refractivity contribution in [3.8, 4) is 11.5 Å². The second-order valence-corrected chi connectivity index (χ2v) is 6.14. The van der Waals surface area contributed by atoms with Gasteiger partial charge in [0, 0.05) is 0 Å². The van der Waals surface area contributed by atoms with Crippen LogP contribution in [0.1, 0.15) is 26.8 Å². The minimum absolute atomic E-state index is 0.475. The van der Waals surface area contributed by atoms with Crippen LogP contribution in [0, 0.1) is 5.41 Å². The number of hydrogen-bond donors (Lipinski definition) is 1. The fraction of sp³-hybridized carbons (Fsp3) is 0.417. The molecule has 2 rings (SSSR count). The summed E-state index contributed by atoms with van der Waals surface area (Å²) in [4.78, 5) is 11.4. The van der Waals surface area contributed by atoms with Gasteiger partial charge in [0.15, 0.2) is 11.8 Å². The SMILES string of the molecule is CC(C)(C)[C@@H](C(=O)O)n1cc(-c2occc2Br)nn1. The lowest BCUT2D eigenvalue weighted by Gasteiger charge is -2.26. The van der Waals surface area contributed by atoms with E-state index in [0.29, 0.717) is 11.5 Å². The number of aliphatic carboxylic acids is 1. The van der Waals surface area contributed by atoms with E-state index >= 15 is 0 Å². The normalized spacial score (nSPS) is 13.5. The van der Waals surface area contributed by atoms with E-state index in [4.69, 9.17) is 4.42 Å². The van der Waals surface area contributed by atoms with Gasteiger partial charge in [0.05, 0.1) is 16.9 Å². The molecule has 2 heterocycles. The molecule has 19 heavy (non-hydrogen) atoms. The molecule has 6 nitrogen and oxygen atoms in total. The first-order valence-electron chi connectivity index (χ1n) is 5.68. The third kappa shape index (κ3) is 2.70. The van der Waals surface area contributed by atoms with Gasteiger partial charge in [-0.3, -0.25) is 0 Å². The molecule has 0 bridgehead atoms. The zero-order chi connectivity index (χ0) is 14.2. The first kappa shape index (κ1) is 13.8. The molecule has 1 N–H and O–H groups in total. The van der Waals surface area contributed by atoms with E-state index in [0.717, 1.165) is 4.47 Å². The lowest BCUT2D eigenvalue weighted by molar-refractivity contribution is -0.144. The van der Waals surface area contributed by atoms with E-state index in [1.165, 1.54) is 10.9 Å². The van der Waals surface area contributed by atoms with Crippen molar-refractivity contribution in [1.82, 2.24) is 15.0 Å². The molecule has 0 aliphatic carbocycles. The summed E-state index contributed by atoms with van der Waals surface area (Å²) in [5.41, 5.74) is 0.0179. The number of halogens is 1. The highest BCUT2D eigenvalue weighted by molar-refractivity contribution is 9.10. The van der Waals surface area contributed by atoms with Gasteiger partial charge in [-0.05, 0) is 27.4 Å². The van der Waals surface area contributed by atoms with Crippen LogP contribution in [0.25, 0.3) is 11.5 Å². The summed E-state index contributed by atoms with van der Waals surface area (Å²) in [5.74, 6) is -0.410. The molecule has 0 aromatic carbocycles. The highest BCUT2D eigenvalue weighted by atomic mass is 79.9. The number of aromatic nitrogens is 3. The van der Waals surface area contributed by atoms with E-state index < -0.39 is 17.4 Å². The summed E-state index contributed by atoms with van der Waals surface area (Å²) in [7, 11) is 0. The molecule has 0 fully saturated rings. The van der Waals surface area contributed by atoms with Crippen LogP contribution in [0.2, 0.25) is 0 Å². The van der Waals surface area contributed by atoms with Crippen molar-refractivity contribution in [2.45, 2.75) is 26.8 Å². The molecule has 0 saturated heterocycles. The summed E-state index contributed by atoms with van der Waals surface area (Å²) in [6.45, 7) is 5.53. The van der Waals surface area contributed by atoms with Crippen molar-refractivity contribution < 1.29 is 14.3 Å². The highest BCUT2D eigenvalue weighted by Crippen LogP contribution is 2.32. The molecule has 7 heteroatoms. The molecular formula is C12H14BrN3O3. The maximum atomic E-state index is 11.4. The molecule has 2 aromatic rings. The summed E-state index contributed by atoms with van der Waals surface area (Å²) in [5, 5.41) is 17.2. The predicted octanol–water partition coefficient (Wildman–Crippen LogP) is 2.97. The maximum absolute atomic E-state index is 11.4. The summed E-state index contributed by atoms with van der Waals surface area (Å²) >= 11 is 3.33. The first-order valence-corrected chi connectivity index (χ1v) is 6.48. The van der Waals surface area contributed by atoms with Gasteiger partial charge in [0.1, 0.15) is 5.69 Å². The largest absolute Gasteiger partial charge is 0.480 e. The Balaban J connectivity index is 2.40. The monoisotopic (exact) mass is 327 g/mol. The van der Waals surface area contributed by atoms with Crippen LogP contribution >= 0.6 is 15.9 Å². The van der Waals surface area contributed by atoms with E-state index in [1.807, 2.05) is 20.8 Å². The molecule has 0 aliphatic rings. The first-order chi connectivity index (χ1) is 8.80. The fourth-order valence-electron chi connectivity index (χ4n) is 1.86. The summed E-state index contributed by atoms with van der Waals surface area (Å²) < 4.78 is 7.39. The quantitative estimate of drug-likeness (QED) is 0.937. The molecule has 0 saturated carbocycles. The van der Waals surface area contributed by atoms with Gasteiger partial charge in [0.25, 0.3) is 0 Å². The number of nitrogens with zero attached hydrogens (tertiary/aromatic N) is 3. The standard InChI is InChI=1S/C12H14BrN3O3/c1-12(2,3)10(11(17)18)16-6-8(14-15-16)9-7(13)4-5-19-9/h4-6,10H,1-3H3,(H,17,18)/t10-/m1/s1. The van der Waals surface area contributed by atoms with Crippen LogP contribution in [0.3, 0.4) is 0 Å². The topological polar surface area (TPSA) is 81.1 Å². The van der Waals surface area contributed by atoms with Crippen molar-refractivity contribution in [2.75, 3.05) is 0 Å². The van der Waals surface area contributed by atoms with E-state index in [1.54, 1.807) is 12.3 Å². The fourth-order valence-corrected chi connectivity index (χ4v) is 2.27. The Morgan fingerprint density at radius 2 is 2.21 bits per heavy atom. The van der Waals surface area contributed by atoms with Crippen LogP contribution in [0.5, 0.6) is 0 Å². The Kier molecular flexibility index (Phi) is 3.49. The van der Waals surface area contributed by atoms with Gasteiger partial charge in [-0.1, -0.05) is 26.0 Å². The number of hydrogen-bond acceptors (Lipinski definition) is 4. The second kappa shape index (κ2) is 4.80. The van der Waals surface area contributed by atoms with Crippen molar-refractivity contribution in [3.63, 3.8) is 0 Å². The molecule has 102 valence electrons. The van der Waals surface area contributed by atoms with Crippen LogP contribution in [-0.2, 0) is 4.79 Å². The molecule has 0 spiro atoms. The van der Waals surface area contributed by atoms with Gasteiger partial charge in [-0.2, -0.15) is 0 Å². The number of rotatable bonds is 3. The molecule has 2 aromatic heterocycles. The van der Waals surface area contributed by atoms with E-state index in [9.17, 15) is 9.90 Å². The average Bonchev–Trinajstić information content (AvgIpc) is 2.84. The second-order valence-electron chi connectivity index (χ2n) is 5.29. The van der Waals surface area contributed by atoms with Crippen LogP contribution < -0.4 is 0 Å². The lowest BCUT2D eigenvalue weighted by atomic mass is 9.87. The number of carbonyl (C=O) groups is 1.